The minimum Gasteiger partial charge on any atom is -0.493 e. The molecule has 1 aliphatic heterocycles. The zero-order chi connectivity index (χ0) is 27.2. The van der Waals surface area contributed by atoms with Crippen molar-refractivity contribution in [2.45, 2.75) is 38.6 Å². The number of rotatable bonds is 6. The molecule has 3 aromatic carbocycles. The summed E-state index contributed by atoms with van der Waals surface area (Å²) in [6.45, 7) is 6.71. The van der Waals surface area contributed by atoms with Gasteiger partial charge in [-0.15, -0.1) is 0 Å². The van der Waals surface area contributed by atoms with Crippen molar-refractivity contribution in [1.29, 1.82) is 0 Å². The van der Waals surface area contributed by atoms with E-state index in [9.17, 15) is 14.0 Å². The van der Waals surface area contributed by atoms with Crippen molar-refractivity contribution in [2.24, 2.45) is 0 Å². The largest absolute Gasteiger partial charge is 0.493 e. The molecule has 4 aromatic rings. The number of carbonyl (C=O) groups excluding carboxylic acids is 1. The van der Waals surface area contributed by atoms with Crippen LogP contribution >= 0.6 is 0 Å². The number of nitrogens with zero attached hydrogens (tertiary/aromatic N) is 1. The van der Waals surface area contributed by atoms with Crippen molar-refractivity contribution in [3.8, 4) is 11.5 Å². The van der Waals surface area contributed by atoms with Crippen LogP contribution in [-0.4, -0.2) is 31.6 Å². The van der Waals surface area contributed by atoms with E-state index in [1.165, 1.54) is 12.1 Å². The number of methoxy groups -OCH3 is 2. The Morgan fingerprint density at radius 1 is 0.921 bits per heavy atom. The molecule has 0 N–H and O–H groups in total. The first-order chi connectivity index (χ1) is 18.1. The van der Waals surface area contributed by atoms with Crippen LogP contribution in [0.4, 0.5) is 4.39 Å². The fourth-order valence-electron chi connectivity index (χ4n) is 5.02. The highest BCUT2D eigenvalue weighted by Crippen LogP contribution is 2.39. The number of benzene rings is 3. The maximum absolute atomic E-state index is 14.0. The molecule has 1 aliphatic rings. The summed E-state index contributed by atoms with van der Waals surface area (Å²) < 4.78 is 30.7. The van der Waals surface area contributed by atoms with Gasteiger partial charge in [0, 0.05) is 6.54 Å². The van der Waals surface area contributed by atoms with Gasteiger partial charge in [0.1, 0.15) is 11.4 Å². The summed E-state index contributed by atoms with van der Waals surface area (Å²) in [7, 11) is 3.15. The lowest BCUT2D eigenvalue weighted by atomic mass is 9.86. The van der Waals surface area contributed by atoms with Gasteiger partial charge in [0.25, 0.3) is 5.91 Å². The van der Waals surface area contributed by atoms with Crippen LogP contribution in [0.15, 0.2) is 69.9 Å². The molecule has 196 valence electrons. The van der Waals surface area contributed by atoms with Crippen LogP contribution in [0.5, 0.6) is 11.5 Å². The Bertz CT molecular complexity index is 1580. The van der Waals surface area contributed by atoms with Crippen LogP contribution in [0.25, 0.3) is 11.0 Å². The monoisotopic (exact) mass is 515 g/mol. The summed E-state index contributed by atoms with van der Waals surface area (Å²) in [5.41, 5.74) is 2.85. The van der Waals surface area contributed by atoms with E-state index in [0.29, 0.717) is 24.5 Å². The molecule has 1 aromatic heterocycles. The average Bonchev–Trinajstić information content (AvgIpc) is 3.18. The minimum absolute atomic E-state index is 0.00585. The van der Waals surface area contributed by atoms with Gasteiger partial charge in [-0.3, -0.25) is 9.59 Å². The highest BCUT2D eigenvalue weighted by Gasteiger charge is 2.42. The molecule has 0 saturated carbocycles. The van der Waals surface area contributed by atoms with Gasteiger partial charge in [-0.25, -0.2) is 4.39 Å². The Balaban J connectivity index is 1.59. The van der Waals surface area contributed by atoms with Crippen molar-refractivity contribution in [1.82, 2.24) is 4.90 Å². The summed E-state index contributed by atoms with van der Waals surface area (Å²) in [6.07, 6.45) is 0.513. The number of carbonyl (C=O) groups is 1. The van der Waals surface area contributed by atoms with Crippen molar-refractivity contribution < 1.29 is 23.1 Å². The molecule has 0 aliphatic carbocycles. The van der Waals surface area contributed by atoms with Crippen LogP contribution in [0.3, 0.4) is 0 Å². The number of halogens is 1. The fraction of sp³-hybridized carbons (Fsp3) is 0.290. The van der Waals surface area contributed by atoms with E-state index in [-0.39, 0.29) is 33.6 Å². The van der Waals surface area contributed by atoms with E-state index in [0.717, 1.165) is 22.8 Å². The Kier molecular flexibility index (Phi) is 6.47. The van der Waals surface area contributed by atoms with E-state index < -0.39 is 17.3 Å². The Hall–Kier alpha value is -4.13. The second kappa shape index (κ2) is 9.63. The lowest BCUT2D eigenvalue weighted by molar-refractivity contribution is 0.0730. The third-order valence-corrected chi connectivity index (χ3v) is 7.11. The molecule has 0 spiro atoms. The Morgan fingerprint density at radius 3 is 2.29 bits per heavy atom. The molecule has 6 nitrogen and oxygen atoms in total. The molecule has 1 amide bonds. The van der Waals surface area contributed by atoms with Gasteiger partial charge in [-0.1, -0.05) is 51.1 Å². The normalized spacial score (nSPS) is 15.2. The lowest BCUT2D eigenvalue weighted by Gasteiger charge is -2.26. The van der Waals surface area contributed by atoms with Gasteiger partial charge in [-0.2, -0.15) is 0 Å². The number of hydrogen-bond donors (Lipinski definition) is 0. The van der Waals surface area contributed by atoms with E-state index in [1.807, 2.05) is 42.5 Å². The molecular weight excluding hydrogens is 485 g/mol. The van der Waals surface area contributed by atoms with Gasteiger partial charge in [-0.05, 0) is 58.9 Å². The van der Waals surface area contributed by atoms with Crippen LogP contribution < -0.4 is 14.9 Å². The Labute approximate surface area is 220 Å². The van der Waals surface area contributed by atoms with Crippen LogP contribution in [0.2, 0.25) is 0 Å². The third-order valence-electron chi connectivity index (χ3n) is 7.11. The number of amides is 1. The molecule has 2 heterocycles. The summed E-state index contributed by atoms with van der Waals surface area (Å²) in [4.78, 5) is 29.0. The van der Waals surface area contributed by atoms with E-state index in [4.69, 9.17) is 13.9 Å². The topological polar surface area (TPSA) is 69.0 Å². The van der Waals surface area contributed by atoms with E-state index in [2.05, 4.69) is 20.8 Å². The van der Waals surface area contributed by atoms with Crippen molar-refractivity contribution in [2.75, 3.05) is 20.8 Å². The van der Waals surface area contributed by atoms with Gasteiger partial charge >= 0.3 is 0 Å². The van der Waals surface area contributed by atoms with Crippen molar-refractivity contribution >= 4 is 16.9 Å². The van der Waals surface area contributed by atoms with Gasteiger partial charge < -0.3 is 18.8 Å². The highest BCUT2D eigenvalue weighted by molar-refractivity contribution is 5.99. The van der Waals surface area contributed by atoms with Gasteiger partial charge in [0.2, 0.25) is 5.76 Å². The smallest absolute Gasteiger partial charge is 0.290 e. The maximum Gasteiger partial charge on any atom is 0.290 e. The molecule has 0 bridgehead atoms. The molecule has 0 fully saturated rings. The molecular formula is C31H30FNO5. The van der Waals surface area contributed by atoms with Crippen LogP contribution in [-0.2, 0) is 11.8 Å². The standard InChI is InChI=1S/C31H30FNO5/c1-31(2,3)20-9-7-19(8-10-20)27-26-28(34)22-17-21(32)11-13-23(22)38-29(26)30(35)33(27)15-14-18-6-12-24(36-4)25(16-18)37-5/h6-13,16-17,27H,14-15H2,1-5H3. The second-order valence-corrected chi connectivity index (χ2v) is 10.5. The Morgan fingerprint density at radius 2 is 1.63 bits per heavy atom. The first-order valence-electron chi connectivity index (χ1n) is 12.5. The number of fused-ring (bicyclic) bond motifs is 2. The summed E-state index contributed by atoms with van der Waals surface area (Å²) in [6, 6.07) is 16.7. The predicted molar refractivity (Wildman–Crippen MR) is 144 cm³/mol. The third kappa shape index (κ3) is 4.42. The molecule has 38 heavy (non-hydrogen) atoms. The SMILES string of the molecule is COc1ccc(CCN2C(=O)c3oc4ccc(F)cc4c(=O)c3C2c2ccc(C(C)(C)C)cc2)cc1OC. The van der Waals surface area contributed by atoms with E-state index in [1.54, 1.807) is 19.1 Å². The molecule has 1 unspecified atom stereocenters. The summed E-state index contributed by atoms with van der Waals surface area (Å²) in [5, 5.41) is 0.120. The number of hydrogen-bond acceptors (Lipinski definition) is 5. The zero-order valence-electron chi connectivity index (χ0n) is 22.1. The highest BCUT2D eigenvalue weighted by atomic mass is 19.1. The van der Waals surface area contributed by atoms with Crippen LogP contribution in [0.1, 0.15) is 59.6 Å². The fourth-order valence-corrected chi connectivity index (χ4v) is 5.02. The molecule has 0 radical (unpaired) electrons. The van der Waals surface area contributed by atoms with Crippen molar-refractivity contribution in [3.05, 3.63) is 105 Å². The zero-order valence-corrected chi connectivity index (χ0v) is 22.1. The van der Waals surface area contributed by atoms with Crippen LogP contribution in [0, 0.1) is 5.82 Å². The summed E-state index contributed by atoms with van der Waals surface area (Å²) >= 11 is 0. The maximum atomic E-state index is 14.0. The van der Waals surface area contributed by atoms with Gasteiger partial charge in [0.05, 0.1) is 31.2 Å². The second-order valence-electron chi connectivity index (χ2n) is 10.5. The predicted octanol–water partition coefficient (Wildman–Crippen LogP) is 6.03. The van der Waals surface area contributed by atoms with Gasteiger partial charge in [0.15, 0.2) is 16.9 Å². The minimum atomic E-state index is -0.657. The summed E-state index contributed by atoms with van der Waals surface area (Å²) in [5.74, 6) is 0.317. The first-order valence-corrected chi connectivity index (χ1v) is 12.5. The lowest BCUT2D eigenvalue weighted by Crippen LogP contribution is -2.31. The van der Waals surface area contributed by atoms with Crippen molar-refractivity contribution in [3.63, 3.8) is 0 Å². The molecule has 0 saturated heterocycles. The molecule has 1 atom stereocenters. The number of ether oxygens (including phenoxy) is 2. The first kappa shape index (κ1) is 25.5. The van der Waals surface area contributed by atoms with E-state index >= 15 is 0 Å². The molecule has 5 rings (SSSR count). The molecule has 7 heteroatoms. The quantitative estimate of drug-likeness (QED) is 0.313. The average molecular weight is 516 g/mol.